The topological polar surface area (TPSA) is 98.5 Å². The number of hydrogen-bond acceptors (Lipinski definition) is 4. The van der Waals surface area contributed by atoms with E-state index in [1.807, 2.05) is 0 Å². The molecule has 120 valence electrons. The molecule has 0 saturated heterocycles. The van der Waals surface area contributed by atoms with E-state index in [4.69, 9.17) is 10.5 Å². The Labute approximate surface area is 137 Å². The summed E-state index contributed by atoms with van der Waals surface area (Å²) < 4.78 is 5.58. The standard InChI is InChI=1S/C15H19BrN2O4/c1-3-22-12(19)7-9(2)13(14(17)20)18-15(21)10-5-4-6-11(16)8-10/h4-6,8-9,13H,3,7H2,1-2H3,(H2,17,20)(H,18,21)/t9-,13-/m1/s1. The second-order valence-electron chi connectivity index (χ2n) is 4.85. The molecule has 0 spiro atoms. The van der Waals surface area contributed by atoms with Crippen LogP contribution in [0.2, 0.25) is 0 Å². The molecule has 0 aliphatic carbocycles. The predicted molar refractivity (Wildman–Crippen MR) is 85.0 cm³/mol. The Morgan fingerprint density at radius 1 is 1.36 bits per heavy atom. The van der Waals surface area contributed by atoms with Crippen molar-refractivity contribution in [1.82, 2.24) is 5.32 Å². The first-order chi connectivity index (χ1) is 10.3. The number of primary amides is 1. The number of nitrogens with two attached hydrogens (primary N) is 1. The number of halogens is 1. The summed E-state index contributed by atoms with van der Waals surface area (Å²) in [6.45, 7) is 3.62. The lowest BCUT2D eigenvalue weighted by Crippen LogP contribution is -2.49. The van der Waals surface area contributed by atoms with Gasteiger partial charge in [0.2, 0.25) is 5.91 Å². The molecular weight excluding hydrogens is 352 g/mol. The van der Waals surface area contributed by atoms with E-state index >= 15 is 0 Å². The van der Waals surface area contributed by atoms with E-state index in [1.165, 1.54) is 0 Å². The third-order valence-corrected chi connectivity index (χ3v) is 3.54. The number of carbonyl (C=O) groups is 3. The van der Waals surface area contributed by atoms with Crippen molar-refractivity contribution in [2.75, 3.05) is 6.61 Å². The Bertz CT molecular complexity index is 562. The monoisotopic (exact) mass is 370 g/mol. The Hall–Kier alpha value is -1.89. The molecule has 2 amide bonds. The van der Waals surface area contributed by atoms with Crippen LogP contribution in [0, 0.1) is 5.92 Å². The predicted octanol–water partition coefficient (Wildman–Crippen LogP) is 1.62. The van der Waals surface area contributed by atoms with Gasteiger partial charge in [-0.1, -0.05) is 28.9 Å². The largest absolute Gasteiger partial charge is 0.466 e. The van der Waals surface area contributed by atoms with Crippen molar-refractivity contribution in [2.45, 2.75) is 26.3 Å². The Morgan fingerprint density at radius 2 is 2.05 bits per heavy atom. The molecule has 0 aliphatic rings. The molecular formula is C15H19BrN2O4. The third-order valence-electron chi connectivity index (χ3n) is 3.04. The van der Waals surface area contributed by atoms with E-state index in [1.54, 1.807) is 38.1 Å². The lowest BCUT2D eigenvalue weighted by atomic mass is 9.97. The van der Waals surface area contributed by atoms with Crippen LogP contribution in [0.5, 0.6) is 0 Å². The van der Waals surface area contributed by atoms with Crippen molar-refractivity contribution >= 4 is 33.7 Å². The zero-order chi connectivity index (χ0) is 16.7. The van der Waals surface area contributed by atoms with Gasteiger partial charge in [0.1, 0.15) is 6.04 Å². The number of hydrogen-bond donors (Lipinski definition) is 2. The molecule has 1 aromatic rings. The highest BCUT2D eigenvalue weighted by Gasteiger charge is 2.27. The van der Waals surface area contributed by atoms with E-state index in [9.17, 15) is 14.4 Å². The minimum absolute atomic E-state index is 0.000209. The molecule has 0 fully saturated rings. The Morgan fingerprint density at radius 3 is 2.59 bits per heavy atom. The first-order valence-electron chi connectivity index (χ1n) is 6.86. The quantitative estimate of drug-likeness (QED) is 0.712. The van der Waals surface area contributed by atoms with Crippen molar-refractivity contribution in [1.29, 1.82) is 0 Å². The molecule has 2 atom stereocenters. The molecule has 1 rings (SSSR count). The summed E-state index contributed by atoms with van der Waals surface area (Å²) in [5, 5.41) is 2.57. The van der Waals surface area contributed by atoms with Gasteiger partial charge in [0.05, 0.1) is 13.0 Å². The van der Waals surface area contributed by atoms with Gasteiger partial charge in [-0.3, -0.25) is 14.4 Å². The van der Waals surface area contributed by atoms with Gasteiger partial charge in [-0.2, -0.15) is 0 Å². The van der Waals surface area contributed by atoms with Gasteiger partial charge in [-0.05, 0) is 31.0 Å². The van der Waals surface area contributed by atoms with Crippen molar-refractivity contribution in [3.05, 3.63) is 34.3 Å². The van der Waals surface area contributed by atoms with Crippen LogP contribution in [0.1, 0.15) is 30.6 Å². The molecule has 0 radical (unpaired) electrons. The summed E-state index contributed by atoms with van der Waals surface area (Å²) in [7, 11) is 0. The van der Waals surface area contributed by atoms with Gasteiger partial charge in [0.25, 0.3) is 5.91 Å². The van der Waals surface area contributed by atoms with E-state index in [-0.39, 0.29) is 13.0 Å². The Balaban J connectivity index is 2.77. The maximum Gasteiger partial charge on any atom is 0.306 e. The molecule has 0 aromatic heterocycles. The van der Waals surface area contributed by atoms with Crippen LogP contribution in [0.25, 0.3) is 0 Å². The summed E-state index contributed by atoms with van der Waals surface area (Å²) in [6, 6.07) is 5.79. The molecule has 0 saturated carbocycles. The van der Waals surface area contributed by atoms with Gasteiger partial charge in [-0.25, -0.2) is 0 Å². The van der Waals surface area contributed by atoms with Gasteiger partial charge in [0.15, 0.2) is 0 Å². The number of nitrogens with one attached hydrogen (secondary N) is 1. The summed E-state index contributed by atoms with van der Waals surface area (Å²) in [6.07, 6.45) is 0.000209. The van der Waals surface area contributed by atoms with Gasteiger partial charge in [-0.15, -0.1) is 0 Å². The summed E-state index contributed by atoms with van der Waals surface area (Å²) in [4.78, 5) is 35.2. The first kappa shape index (κ1) is 18.2. The van der Waals surface area contributed by atoms with Crippen LogP contribution in [-0.4, -0.2) is 30.4 Å². The highest BCUT2D eigenvalue weighted by molar-refractivity contribution is 9.10. The average Bonchev–Trinajstić information content (AvgIpc) is 2.44. The van der Waals surface area contributed by atoms with Crippen molar-refractivity contribution in [3.8, 4) is 0 Å². The maximum absolute atomic E-state index is 12.2. The average molecular weight is 371 g/mol. The summed E-state index contributed by atoms with van der Waals surface area (Å²) in [5.74, 6) is -2.02. The lowest BCUT2D eigenvalue weighted by Gasteiger charge is -2.21. The molecule has 1 aromatic carbocycles. The second kappa shape index (κ2) is 8.53. The van der Waals surface area contributed by atoms with E-state index in [2.05, 4.69) is 21.2 Å². The second-order valence-corrected chi connectivity index (χ2v) is 5.77. The normalized spacial score (nSPS) is 13.0. The van der Waals surface area contributed by atoms with Crippen LogP contribution in [0.3, 0.4) is 0 Å². The summed E-state index contributed by atoms with van der Waals surface area (Å²) in [5.41, 5.74) is 5.72. The molecule has 0 aliphatic heterocycles. The van der Waals surface area contributed by atoms with E-state index < -0.39 is 29.7 Å². The smallest absolute Gasteiger partial charge is 0.306 e. The van der Waals surface area contributed by atoms with Crippen LogP contribution < -0.4 is 11.1 Å². The Kier molecular flexibility index (Phi) is 7.04. The highest BCUT2D eigenvalue weighted by Crippen LogP contribution is 2.14. The van der Waals surface area contributed by atoms with E-state index in [0.29, 0.717) is 5.56 Å². The van der Waals surface area contributed by atoms with Gasteiger partial charge >= 0.3 is 5.97 Å². The van der Waals surface area contributed by atoms with Gasteiger partial charge < -0.3 is 15.8 Å². The highest BCUT2D eigenvalue weighted by atomic mass is 79.9. The zero-order valence-corrected chi connectivity index (χ0v) is 14.1. The zero-order valence-electron chi connectivity index (χ0n) is 12.5. The lowest BCUT2D eigenvalue weighted by molar-refractivity contribution is -0.144. The van der Waals surface area contributed by atoms with Crippen LogP contribution >= 0.6 is 15.9 Å². The number of rotatable bonds is 7. The first-order valence-corrected chi connectivity index (χ1v) is 7.65. The number of benzene rings is 1. The number of ether oxygens (including phenoxy) is 1. The van der Waals surface area contributed by atoms with E-state index in [0.717, 1.165) is 4.47 Å². The fourth-order valence-corrected chi connectivity index (χ4v) is 2.35. The molecule has 0 unspecified atom stereocenters. The van der Waals surface area contributed by atoms with Crippen LogP contribution in [-0.2, 0) is 14.3 Å². The maximum atomic E-state index is 12.2. The summed E-state index contributed by atoms with van der Waals surface area (Å²) >= 11 is 3.27. The van der Waals surface area contributed by atoms with Crippen molar-refractivity contribution in [3.63, 3.8) is 0 Å². The molecule has 3 N–H and O–H groups in total. The fourth-order valence-electron chi connectivity index (χ4n) is 1.95. The molecule has 0 bridgehead atoms. The fraction of sp³-hybridized carbons (Fsp3) is 0.400. The van der Waals surface area contributed by atoms with Crippen LogP contribution in [0.4, 0.5) is 0 Å². The minimum Gasteiger partial charge on any atom is -0.466 e. The van der Waals surface area contributed by atoms with Gasteiger partial charge in [0, 0.05) is 10.0 Å². The third kappa shape index (κ3) is 5.48. The number of esters is 1. The SMILES string of the molecule is CCOC(=O)C[C@@H](C)[C@@H](NC(=O)c1cccc(Br)c1)C(N)=O. The molecule has 7 heteroatoms. The number of amides is 2. The van der Waals surface area contributed by atoms with Crippen molar-refractivity contribution in [2.24, 2.45) is 11.7 Å². The molecule has 22 heavy (non-hydrogen) atoms. The molecule has 6 nitrogen and oxygen atoms in total. The van der Waals surface area contributed by atoms with Crippen LogP contribution in [0.15, 0.2) is 28.7 Å². The minimum atomic E-state index is -0.948. The number of carbonyl (C=O) groups excluding carboxylic acids is 3. The molecule has 0 heterocycles. The van der Waals surface area contributed by atoms with Crippen molar-refractivity contribution < 1.29 is 19.1 Å².